The molecule has 1 aliphatic carbocycles. The molecule has 0 radical (unpaired) electrons. The summed E-state index contributed by atoms with van der Waals surface area (Å²) in [4.78, 5) is 24.8. The van der Waals surface area contributed by atoms with Gasteiger partial charge in [-0.25, -0.2) is 0 Å². The largest absolute Gasteiger partial charge is 0.282 e. The summed E-state index contributed by atoms with van der Waals surface area (Å²) < 4.78 is 0. The molecule has 84 valence electrons. The molecular formula is C12H19NO2. The van der Waals surface area contributed by atoms with Gasteiger partial charge in [0.15, 0.2) is 0 Å². The average Bonchev–Trinajstić information content (AvgIpc) is 2.47. The minimum Gasteiger partial charge on any atom is -0.282 e. The van der Waals surface area contributed by atoms with Crippen LogP contribution in [0.1, 0.15) is 45.4 Å². The van der Waals surface area contributed by atoms with Gasteiger partial charge in [0.05, 0.1) is 0 Å². The van der Waals surface area contributed by atoms with Crippen LogP contribution in [0.4, 0.5) is 0 Å². The van der Waals surface area contributed by atoms with Crippen LogP contribution in [0.15, 0.2) is 0 Å². The van der Waals surface area contributed by atoms with Crippen molar-refractivity contribution in [3.8, 4) is 0 Å². The number of likely N-dealkylation sites (tertiary alicyclic amines) is 1. The normalized spacial score (nSPS) is 28.9. The van der Waals surface area contributed by atoms with Gasteiger partial charge >= 0.3 is 0 Å². The molecule has 0 spiro atoms. The van der Waals surface area contributed by atoms with E-state index in [1.807, 2.05) is 6.92 Å². The highest BCUT2D eigenvalue weighted by Crippen LogP contribution is 2.27. The quantitative estimate of drug-likeness (QED) is 0.652. The van der Waals surface area contributed by atoms with Crippen LogP contribution >= 0.6 is 0 Å². The second-order valence-electron chi connectivity index (χ2n) is 4.95. The van der Waals surface area contributed by atoms with Crippen molar-refractivity contribution in [2.45, 2.75) is 45.4 Å². The summed E-state index contributed by atoms with van der Waals surface area (Å²) in [5, 5.41) is 0. The molecule has 0 bridgehead atoms. The Morgan fingerprint density at radius 3 is 2.40 bits per heavy atom. The Morgan fingerprint density at radius 2 is 1.87 bits per heavy atom. The molecule has 3 nitrogen and oxygen atoms in total. The Kier molecular flexibility index (Phi) is 3.08. The van der Waals surface area contributed by atoms with E-state index in [-0.39, 0.29) is 17.7 Å². The molecular weight excluding hydrogens is 190 g/mol. The molecule has 1 atom stereocenters. The summed E-state index contributed by atoms with van der Waals surface area (Å²) >= 11 is 0. The van der Waals surface area contributed by atoms with Crippen molar-refractivity contribution in [1.29, 1.82) is 0 Å². The van der Waals surface area contributed by atoms with E-state index in [0.717, 1.165) is 0 Å². The maximum Gasteiger partial charge on any atom is 0.232 e. The van der Waals surface area contributed by atoms with Crippen molar-refractivity contribution in [2.75, 3.05) is 6.54 Å². The van der Waals surface area contributed by atoms with Crippen molar-refractivity contribution >= 4 is 11.8 Å². The number of rotatable bonds is 2. The van der Waals surface area contributed by atoms with E-state index in [0.29, 0.717) is 18.9 Å². The summed E-state index contributed by atoms with van der Waals surface area (Å²) in [6.45, 7) is 2.53. The van der Waals surface area contributed by atoms with Crippen molar-refractivity contribution in [3.05, 3.63) is 0 Å². The van der Waals surface area contributed by atoms with Crippen LogP contribution in [0.3, 0.4) is 0 Å². The van der Waals surface area contributed by atoms with E-state index < -0.39 is 0 Å². The first-order valence-electron chi connectivity index (χ1n) is 6.02. The van der Waals surface area contributed by atoms with Gasteiger partial charge in [-0.05, 0) is 18.8 Å². The number of imide groups is 1. The molecule has 2 aliphatic rings. The zero-order valence-electron chi connectivity index (χ0n) is 9.37. The smallest absolute Gasteiger partial charge is 0.232 e. The topological polar surface area (TPSA) is 37.4 Å². The first kappa shape index (κ1) is 10.7. The fraction of sp³-hybridized carbons (Fsp3) is 0.833. The van der Waals surface area contributed by atoms with Crippen molar-refractivity contribution < 1.29 is 9.59 Å². The Morgan fingerprint density at radius 1 is 1.20 bits per heavy atom. The minimum absolute atomic E-state index is 0.0399. The van der Waals surface area contributed by atoms with Gasteiger partial charge in [-0.15, -0.1) is 0 Å². The molecule has 0 aromatic heterocycles. The third kappa shape index (κ3) is 2.21. The van der Waals surface area contributed by atoms with Crippen LogP contribution in [0, 0.1) is 11.8 Å². The predicted molar refractivity (Wildman–Crippen MR) is 57.1 cm³/mol. The van der Waals surface area contributed by atoms with Gasteiger partial charge in [0.1, 0.15) is 0 Å². The minimum atomic E-state index is -0.0823. The standard InChI is InChI=1S/C12H19NO2/c1-9-7-11(14)13(12(9)15)8-10-5-3-2-4-6-10/h9-10H,2-8H2,1H3. The summed E-state index contributed by atoms with van der Waals surface area (Å²) in [6, 6.07) is 0. The molecule has 0 N–H and O–H groups in total. The second-order valence-corrected chi connectivity index (χ2v) is 4.95. The molecule has 0 aromatic rings. The molecule has 1 aliphatic heterocycles. The molecule has 15 heavy (non-hydrogen) atoms. The molecule has 2 fully saturated rings. The van der Waals surface area contributed by atoms with Gasteiger partial charge in [-0.3, -0.25) is 14.5 Å². The fourth-order valence-electron chi connectivity index (χ4n) is 2.67. The average molecular weight is 209 g/mol. The molecule has 2 amide bonds. The lowest BCUT2D eigenvalue weighted by atomic mass is 9.89. The third-order valence-corrected chi connectivity index (χ3v) is 3.63. The molecule has 1 saturated carbocycles. The van der Waals surface area contributed by atoms with Gasteiger partial charge < -0.3 is 0 Å². The SMILES string of the molecule is CC1CC(=O)N(CC2CCCCC2)C1=O. The zero-order chi connectivity index (χ0) is 10.8. The van der Waals surface area contributed by atoms with Crippen LogP contribution in [-0.2, 0) is 9.59 Å². The molecule has 1 unspecified atom stereocenters. The van der Waals surface area contributed by atoms with E-state index in [1.165, 1.54) is 37.0 Å². The summed E-state index contributed by atoms with van der Waals surface area (Å²) in [6.07, 6.45) is 6.63. The molecule has 1 saturated heterocycles. The monoisotopic (exact) mass is 209 g/mol. The maximum atomic E-state index is 11.7. The number of carbonyl (C=O) groups is 2. The van der Waals surface area contributed by atoms with Crippen molar-refractivity contribution in [3.63, 3.8) is 0 Å². The van der Waals surface area contributed by atoms with E-state index in [1.54, 1.807) is 0 Å². The first-order valence-corrected chi connectivity index (χ1v) is 6.02. The highest BCUT2D eigenvalue weighted by atomic mass is 16.2. The molecule has 1 heterocycles. The molecule has 2 rings (SSSR count). The Hall–Kier alpha value is -0.860. The number of hydrogen-bond donors (Lipinski definition) is 0. The first-order chi connectivity index (χ1) is 7.18. The maximum absolute atomic E-state index is 11.7. The lowest BCUT2D eigenvalue weighted by molar-refractivity contribution is -0.140. The van der Waals surface area contributed by atoms with Crippen molar-refractivity contribution in [1.82, 2.24) is 4.90 Å². The van der Waals surface area contributed by atoms with Crippen molar-refractivity contribution in [2.24, 2.45) is 11.8 Å². The second kappa shape index (κ2) is 4.33. The van der Waals surface area contributed by atoms with E-state index >= 15 is 0 Å². The van der Waals surface area contributed by atoms with Gasteiger partial charge in [-0.1, -0.05) is 26.2 Å². The lowest BCUT2D eigenvalue weighted by Gasteiger charge is -2.25. The number of amides is 2. The van der Waals surface area contributed by atoms with E-state index in [9.17, 15) is 9.59 Å². The number of carbonyl (C=O) groups excluding carboxylic acids is 2. The highest BCUT2D eigenvalue weighted by molar-refractivity contribution is 6.03. The van der Waals surface area contributed by atoms with Crippen LogP contribution in [0.25, 0.3) is 0 Å². The van der Waals surface area contributed by atoms with Gasteiger partial charge in [0.25, 0.3) is 0 Å². The fourth-order valence-corrected chi connectivity index (χ4v) is 2.67. The van der Waals surface area contributed by atoms with E-state index in [2.05, 4.69) is 0 Å². The molecule has 3 heteroatoms. The molecule has 0 aromatic carbocycles. The number of hydrogen-bond acceptors (Lipinski definition) is 2. The van der Waals surface area contributed by atoms with Crippen LogP contribution in [0.2, 0.25) is 0 Å². The predicted octanol–water partition coefficient (Wildman–Crippen LogP) is 1.96. The van der Waals surface area contributed by atoms with Gasteiger partial charge in [0, 0.05) is 18.9 Å². The lowest BCUT2D eigenvalue weighted by Crippen LogP contribution is -2.35. The Balaban J connectivity index is 1.93. The zero-order valence-corrected chi connectivity index (χ0v) is 9.37. The van der Waals surface area contributed by atoms with E-state index in [4.69, 9.17) is 0 Å². The van der Waals surface area contributed by atoms with Crippen LogP contribution in [-0.4, -0.2) is 23.3 Å². The van der Waals surface area contributed by atoms with Crippen LogP contribution < -0.4 is 0 Å². The summed E-state index contributed by atoms with van der Waals surface area (Å²) in [5.74, 6) is 0.571. The highest BCUT2D eigenvalue weighted by Gasteiger charge is 2.36. The third-order valence-electron chi connectivity index (χ3n) is 3.63. The van der Waals surface area contributed by atoms with Gasteiger partial charge in [-0.2, -0.15) is 0 Å². The summed E-state index contributed by atoms with van der Waals surface area (Å²) in [7, 11) is 0. The summed E-state index contributed by atoms with van der Waals surface area (Å²) in [5.41, 5.74) is 0. The Labute approximate surface area is 90.8 Å². The van der Waals surface area contributed by atoms with Gasteiger partial charge in [0.2, 0.25) is 11.8 Å². The Bertz CT molecular complexity index is 269. The number of nitrogens with zero attached hydrogens (tertiary/aromatic N) is 1. The van der Waals surface area contributed by atoms with Crippen LogP contribution in [0.5, 0.6) is 0 Å².